The van der Waals surface area contributed by atoms with Gasteiger partial charge < -0.3 is 5.73 Å². The highest BCUT2D eigenvalue weighted by Gasteiger charge is 2.26. The van der Waals surface area contributed by atoms with Gasteiger partial charge in [0.05, 0.1) is 11.1 Å². The first-order chi connectivity index (χ1) is 10.6. The van der Waals surface area contributed by atoms with Crippen LogP contribution in [0.1, 0.15) is 24.5 Å². The molecule has 2 heterocycles. The fourth-order valence-corrected chi connectivity index (χ4v) is 2.59. The molecule has 2 N–H and O–H groups in total. The zero-order chi connectivity index (χ0) is 15.3. The van der Waals surface area contributed by atoms with E-state index in [9.17, 15) is 9.18 Å². The summed E-state index contributed by atoms with van der Waals surface area (Å²) < 4.78 is 14.8. The van der Waals surface area contributed by atoms with Gasteiger partial charge in [-0.15, -0.1) is 0 Å². The van der Waals surface area contributed by atoms with Crippen LogP contribution in [0.3, 0.4) is 0 Å². The number of nitrogen functional groups attached to an aromatic ring is 1. The molecule has 0 bridgehead atoms. The van der Waals surface area contributed by atoms with Crippen LogP contribution in [0, 0.1) is 5.82 Å². The summed E-state index contributed by atoms with van der Waals surface area (Å²) in [5.41, 5.74) is 7.03. The monoisotopic (exact) mass is 296 g/mol. The highest BCUT2D eigenvalue weighted by atomic mass is 19.1. The van der Waals surface area contributed by atoms with Gasteiger partial charge in [-0.05, 0) is 43.2 Å². The Morgan fingerprint density at radius 3 is 2.73 bits per heavy atom. The van der Waals surface area contributed by atoms with Crippen LogP contribution in [0.25, 0.3) is 16.7 Å². The number of nitrogens with two attached hydrogens (primary N) is 1. The molecule has 3 aromatic rings. The van der Waals surface area contributed by atoms with Crippen molar-refractivity contribution in [1.29, 1.82) is 0 Å². The van der Waals surface area contributed by atoms with Gasteiger partial charge in [0.1, 0.15) is 11.6 Å². The molecule has 0 aliphatic heterocycles. The summed E-state index contributed by atoms with van der Waals surface area (Å²) in [6, 6.07) is 9.54. The third-order valence-corrected chi connectivity index (χ3v) is 3.85. The van der Waals surface area contributed by atoms with E-state index in [-0.39, 0.29) is 5.82 Å². The van der Waals surface area contributed by atoms with Gasteiger partial charge >= 0.3 is 5.69 Å². The SMILES string of the molecule is Nc1nc(=O)n(-c2cccc(F)c2)c2nc(C3CC3)ccc12. The maximum absolute atomic E-state index is 13.5. The smallest absolute Gasteiger partial charge is 0.355 e. The Kier molecular flexibility index (Phi) is 2.72. The first kappa shape index (κ1) is 12.9. The summed E-state index contributed by atoms with van der Waals surface area (Å²) in [5.74, 6) is 0.157. The van der Waals surface area contributed by atoms with Crippen molar-refractivity contribution in [2.45, 2.75) is 18.8 Å². The average Bonchev–Trinajstić information content (AvgIpc) is 3.31. The van der Waals surface area contributed by atoms with Crippen molar-refractivity contribution in [3.8, 4) is 5.69 Å². The summed E-state index contributed by atoms with van der Waals surface area (Å²) in [7, 11) is 0. The molecule has 1 saturated carbocycles. The number of aromatic nitrogens is 3. The molecule has 6 heteroatoms. The largest absolute Gasteiger partial charge is 0.383 e. The lowest BCUT2D eigenvalue weighted by molar-refractivity contribution is 0.626. The normalized spacial score (nSPS) is 14.4. The first-order valence-corrected chi connectivity index (χ1v) is 7.08. The molecule has 1 fully saturated rings. The van der Waals surface area contributed by atoms with Gasteiger partial charge in [-0.3, -0.25) is 0 Å². The lowest BCUT2D eigenvalue weighted by Gasteiger charge is -2.11. The zero-order valence-corrected chi connectivity index (χ0v) is 11.7. The van der Waals surface area contributed by atoms with Crippen LogP contribution in [0.4, 0.5) is 10.2 Å². The van der Waals surface area contributed by atoms with E-state index in [1.807, 2.05) is 12.1 Å². The summed E-state index contributed by atoms with van der Waals surface area (Å²) in [5, 5.41) is 0.591. The van der Waals surface area contributed by atoms with Crippen molar-refractivity contribution in [3.63, 3.8) is 0 Å². The standard InChI is InChI=1S/C16H13FN4O/c17-10-2-1-3-11(8-10)21-15-12(14(18)20-16(21)22)6-7-13(19-15)9-4-5-9/h1-3,6-9H,4-5H2,(H2,18,20,22). The van der Waals surface area contributed by atoms with Crippen molar-refractivity contribution in [2.24, 2.45) is 0 Å². The number of pyridine rings is 1. The van der Waals surface area contributed by atoms with E-state index in [0.29, 0.717) is 22.6 Å². The summed E-state index contributed by atoms with van der Waals surface area (Å²) in [4.78, 5) is 20.7. The lowest BCUT2D eigenvalue weighted by atomic mass is 10.2. The van der Waals surface area contributed by atoms with Crippen LogP contribution in [0.5, 0.6) is 0 Å². The van der Waals surface area contributed by atoms with Crippen LogP contribution in [0.2, 0.25) is 0 Å². The summed E-state index contributed by atoms with van der Waals surface area (Å²) in [6.45, 7) is 0. The number of hydrogen-bond donors (Lipinski definition) is 1. The lowest BCUT2D eigenvalue weighted by Crippen LogP contribution is -2.24. The van der Waals surface area contributed by atoms with E-state index < -0.39 is 11.5 Å². The number of fused-ring (bicyclic) bond motifs is 1. The van der Waals surface area contributed by atoms with Crippen molar-refractivity contribution in [1.82, 2.24) is 14.5 Å². The molecule has 0 radical (unpaired) electrons. The number of rotatable bonds is 2. The fraction of sp³-hybridized carbons (Fsp3) is 0.188. The fourth-order valence-electron chi connectivity index (χ4n) is 2.59. The molecule has 110 valence electrons. The highest BCUT2D eigenvalue weighted by Crippen LogP contribution is 2.39. The number of benzene rings is 1. The van der Waals surface area contributed by atoms with Crippen LogP contribution < -0.4 is 11.4 Å². The predicted molar refractivity (Wildman–Crippen MR) is 81.5 cm³/mol. The number of nitrogens with zero attached hydrogens (tertiary/aromatic N) is 3. The van der Waals surface area contributed by atoms with Crippen molar-refractivity contribution >= 4 is 16.9 Å². The maximum Gasteiger partial charge on any atom is 0.355 e. The number of halogens is 1. The van der Waals surface area contributed by atoms with Crippen LogP contribution in [0.15, 0.2) is 41.2 Å². The molecule has 1 aliphatic rings. The average molecular weight is 296 g/mol. The minimum atomic E-state index is -0.559. The number of hydrogen-bond acceptors (Lipinski definition) is 4. The van der Waals surface area contributed by atoms with Crippen LogP contribution >= 0.6 is 0 Å². The summed E-state index contributed by atoms with van der Waals surface area (Å²) >= 11 is 0. The minimum Gasteiger partial charge on any atom is -0.383 e. The Bertz CT molecular complexity index is 947. The molecule has 2 aromatic heterocycles. The molecule has 0 atom stereocenters. The van der Waals surface area contributed by atoms with E-state index in [1.54, 1.807) is 12.1 Å². The minimum absolute atomic E-state index is 0.141. The second-order valence-corrected chi connectivity index (χ2v) is 5.48. The Morgan fingerprint density at radius 1 is 1.18 bits per heavy atom. The molecule has 0 spiro atoms. The third-order valence-electron chi connectivity index (χ3n) is 3.85. The molecule has 1 aliphatic carbocycles. The Labute approximate surface area is 125 Å². The molecule has 5 nitrogen and oxygen atoms in total. The molecule has 0 saturated heterocycles. The van der Waals surface area contributed by atoms with Crippen LogP contribution in [-0.2, 0) is 0 Å². The second kappa shape index (κ2) is 4.62. The van der Waals surface area contributed by atoms with Crippen molar-refractivity contribution in [2.75, 3.05) is 5.73 Å². The topological polar surface area (TPSA) is 73.8 Å². The third kappa shape index (κ3) is 2.04. The van der Waals surface area contributed by atoms with E-state index in [0.717, 1.165) is 18.5 Å². The zero-order valence-electron chi connectivity index (χ0n) is 11.7. The maximum atomic E-state index is 13.5. The van der Waals surface area contributed by atoms with E-state index >= 15 is 0 Å². The Hall–Kier alpha value is -2.76. The van der Waals surface area contributed by atoms with Crippen LogP contribution in [-0.4, -0.2) is 14.5 Å². The summed E-state index contributed by atoms with van der Waals surface area (Å²) in [6.07, 6.45) is 2.20. The quantitative estimate of drug-likeness (QED) is 0.788. The van der Waals surface area contributed by atoms with Gasteiger partial charge in [-0.2, -0.15) is 4.98 Å². The molecule has 4 rings (SSSR count). The van der Waals surface area contributed by atoms with Gasteiger partial charge in [-0.25, -0.2) is 18.7 Å². The van der Waals surface area contributed by atoms with Gasteiger partial charge in [0, 0.05) is 11.6 Å². The number of anilines is 1. The van der Waals surface area contributed by atoms with Gasteiger partial charge in [-0.1, -0.05) is 6.07 Å². The molecular weight excluding hydrogens is 283 g/mol. The van der Waals surface area contributed by atoms with Crippen molar-refractivity contribution in [3.05, 3.63) is 58.4 Å². The van der Waals surface area contributed by atoms with Gasteiger partial charge in [0.2, 0.25) is 0 Å². The van der Waals surface area contributed by atoms with E-state index in [1.165, 1.54) is 16.7 Å². The van der Waals surface area contributed by atoms with Gasteiger partial charge in [0.25, 0.3) is 0 Å². The Morgan fingerprint density at radius 2 is 2.00 bits per heavy atom. The van der Waals surface area contributed by atoms with Crippen molar-refractivity contribution < 1.29 is 4.39 Å². The molecule has 22 heavy (non-hydrogen) atoms. The Balaban J connectivity index is 2.07. The molecule has 1 aromatic carbocycles. The van der Waals surface area contributed by atoms with E-state index in [2.05, 4.69) is 9.97 Å². The van der Waals surface area contributed by atoms with Gasteiger partial charge in [0.15, 0.2) is 5.65 Å². The second-order valence-electron chi connectivity index (χ2n) is 5.48. The first-order valence-electron chi connectivity index (χ1n) is 7.08. The molecule has 0 amide bonds. The highest BCUT2D eigenvalue weighted by molar-refractivity contribution is 5.86. The molecule has 0 unspecified atom stereocenters. The predicted octanol–water partition coefficient (Wildman–Crippen LogP) is 2.38. The molecular formula is C16H13FN4O. The van der Waals surface area contributed by atoms with E-state index in [4.69, 9.17) is 5.73 Å².